The first-order chi connectivity index (χ1) is 8.38. The van der Waals surface area contributed by atoms with Crippen molar-refractivity contribution in [3.05, 3.63) is 35.7 Å². The van der Waals surface area contributed by atoms with Crippen LogP contribution in [0.15, 0.2) is 28.8 Å². The maximum atomic E-state index is 5.69. The van der Waals surface area contributed by atoms with Crippen molar-refractivity contribution in [3.8, 4) is 11.4 Å². The minimum atomic E-state index is -0.236. The first kappa shape index (κ1) is 12.8. The summed E-state index contributed by atoms with van der Waals surface area (Å²) in [5, 5.41) is 3.93. The Hall–Kier alpha value is -1.68. The lowest BCUT2D eigenvalue weighted by Gasteiger charge is -2.18. The predicted octanol–water partition coefficient (Wildman–Crippen LogP) is 3.05. The molecule has 0 bridgehead atoms. The zero-order valence-electron chi connectivity index (χ0n) is 11.3. The quantitative estimate of drug-likeness (QED) is 0.883. The van der Waals surface area contributed by atoms with Gasteiger partial charge in [-0.15, -0.1) is 0 Å². The lowest BCUT2D eigenvalue weighted by molar-refractivity contribution is 0.362. The van der Waals surface area contributed by atoms with Crippen molar-refractivity contribution in [1.29, 1.82) is 0 Å². The SMILES string of the molecule is C[C@@H](N)c1nc(-c2ccc(C(C)(C)C)cc2)no1. The van der Waals surface area contributed by atoms with Gasteiger partial charge in [-0.3, -0.25) is 0 Å². The van der Waals surface area contributed by atoms with Crippen LogP contribution in [-0.2, 0) is 5.41 Å². The Kier molecular flexibility index (Phi) is 3.22. The fourth-order valence-corrected chi connectivity index (χ4v) is 1.66. The van der Waals surface area contributed by atoms with Crippen LogP contribution in [0, 0.1) is 0 Å². The number of benzene rings is 1. The average Bonchev–Trinajstić information content (AvgIpc) is 2.77. The van der Waals surface area contributed by atoms with E-state index in [0.717, 1.165) is 5.56 Å². The molecule has 0 aliphatic rings. The first-order valence-corrected chi connectivity index (χ1v) is 6.08. The number of hydrogen-bond donors (Lipinski definition) is 1. The third kappa shape index (κ3) is 2.59. The molecule has 1 atom stereocenters. The molecule has 1 aromatic heterocycles. The Morgan fingerprint density at radius 2 is 1.78 bits per heavy atom. The van der Waals surface area contributed by atoms with Crippen LogP contribution in [0.2, 0.25) is 0 Å². The molecular formula is C14H19N3O. The van der Waals surface area contributed by atoms with Gasteiger partial charge in [-0.1, -0.05) is 50.2 Å². The van der Waals surface area contributed by atoms with Gasteiger partial charge < -0.3 is 10.3 Å². The van der Waals surface area contributed by atoms with E-state index in [0.29, 0.717) is 11.7 Å². The summed E-state index contributed by atoms with van der Waals surface area (Å²) in [6, 6.07) is 7.97. The molecule has 4 heteroatoms. The van der Waals surface area contributed by atoms with Gasteiger partial charge in [0.05, 0.1) is 6.04 Å². The minimum absolute atomic E-state index is 0.146. The Morgan fingerprint density at radius 1 is 1.17 bits per heavy atom. The molecule has 0 spiro atoms. The topological polar surface area (TPSA) is 64.9 Å². The molecule has 18 heavy (non-hydrogen) atoms. The highest BCUT2D eigenvalue weighted by Gasteiger charge is 2.15. The van der Waals surface area contributed by atoms with E-state index in [1.165, 1.54) is 5.56 Å². The number of hydrogen-bond acceptors (Lipinski definition) is 4. The Labute approximate surface area is 107 Å². The summed E-state index contributed by atoms with van der Waals surface area (Å²) in [5.74, 6) is 1.05. The molecule has 4 nitrogen and oxygen atoms in total. The largest absolute Gasteiger partial charge is 0.337 e. The summed E-state index contributed by atoms with van der Waals surface area (Å²) in [6.07, 6.45) is 0. The van der Waals surface area contributed by atoms with Crippen molar-refractivity contribution < 1.29 is 4.52 Å². The Balaban J connectivity index is 2.29. The van der Waals surface area contributed by atoms with Gasteiger partial charge in [-0.05, 0) is 17.9 Å². The fraction of sp³-hybridized carbons (Fsp3) is 0.429. The van der Waals surface area contributed by atoms with Crippen LogP contribution >= 0.6 is 0 Å². The summed E-state index contributed by atoms with van der Waals surface area (Å²) in [5.41, 5.74) is 8.06. The van der Waals surface area contributed by atoms with E-state index in [2.05, 4.69) is 43.0 Å². The van der Waals surface area contributed by atoms with E-state index < -0.39 is 0 Å². The molecule has 0 amide bonds. The van der Waals surface area contributed by atoms with Crippen LogP contribution in [0.5, 0.6) is 0 Å². The molecule has 1 heterocycles. The zero-order chi connectivity index (χ0) is 13.3. The average molecular weight is 245 g/mol. The summed E-state index contributed by atoms with van der Waals surface area (Å²) >= 11 is 0. The fourth-order valence-electron chi connectivity index (χ4n) is 1.66. The van der Waals surface area contributed by atoms with Gasteiger partial charge in [0.2, 0.25) is 11.7 Å². The normalized spacial score (nSPS) is 13.6. The number of nitrogens with two attached hydrogens (primary N) is 1. The molecule has 96 valence electrons. The Morgan fingerprint density at radius 3 is 2.22 bits per heavy atom. The van der Waals surface area contributed by atoms with Crippen molar-refractivity contribution in [1.82, 2.24) is 10.1 Å². The molecule has 0 fully saturated rings. The molecule has 0 radical (unpaired) electrons. The van der Waals surface area contributed by atoms with E-state index in [-0.39, 0.29) is 11.5 Å². The van der Waals surface area contributed by atoms with Gasteiger partial charge in [-0.2, -0.15) is 4.98 Å². The van der Waals surface area contributed by atoms with Crippen LogP contribution in [0.1, 0.15) is 45.2 Å². The summed E-state index contributed by atoms with van der Waals surface area (Å²) in [6.45, 7) is 8.37. The van der Waals surface area contributed by atoms with Gasteiger partial charge in [0.1, 0.15) is 0 Å². The van der Waals surface area contributed by atoms with E-state index in [1.54, 1.807) is 0 Å². The number of aromatic nitrogens is 2. The monoisotopic (exact) mass is 245 g/mol. The Bertz CT molecular complexity index is 521. The molecule has 2 rings (SSSR count). The third-order valence-corrected chi connectivity index (χ3v) is 2.84. The van der Waals surface area contributed by atoms with Crippen molar-refractivity contribution in [3.63, 3.8) is 0 Å². The highest BCUT2D eigenvalue weighted by Crippen LogP contribution is 2.25. The summed E-state index contributed by atoms with van der Waals surface area (Å²) in [7, 11) is 0. The van der Waals surface area contributed by atoms with E-state index >= 15 is 0 Å². The molecule has 2 N–H and O–H groups in total. The second-order valence-electron chi connectivity index (χ2n) is 5.57. The van der Waals surface area contributed by atoms with E-state index in [1.807, 2.05) is 19.1 Å². The molecule has 0 aliphatic carbocycles. The van der Waals surface area contributed by atoms with Crippen LogP contribution in [0.25, 0.3) is 11.4 Å². The smallest absolute Gasteiger partial charge is 0.243 e. The van der Waals surface area contributed by atoms with Gasteiger partial charge in [-0.25, -0.2) is 0 Å². The van der Waals surface area contributed by atoms with Gasteiger partial charge in [0, 0.05) is 5.56 Å². The molecule has 0 saturated heterocycles. The summed E-state index contributed by atoms with van der Waals surface area (Å²) < 4.78 is 5.09. The van der Waals surface area contributed by atoms with Crippen LogP contribution in [0.3, 0.4) is 0 Å². The highest BCUT2D eigenvalue weighted by molar-refractivity contribution is 5.55. The summed E-state index contributed by atoms with van der Waals surface area (Å²) in [4.78, 5) is 4.27. The highest BCUT2D eigenvalue weighted by atomic mass is 16.5. The van der Waals surface area contributed by atoms with E-state index in [9.17, 15) is 0 Å². The van der Waals surface area contributed by atoms with Crippen molar-refractivity contribution in [2.75, 3.05) is 0 Å². The minimum Gasteiger partial charge on any atom is -0.337 e. The molecule has 0 saturated carbocycles. The van der Waals surface area contributed by atoms with Gasteiger partial charge >= 0.3 is 0 Å². The molecule has 0 aliphatic heterocycles. The zero-order valence-corrected chi connectivity index (χ0v) is 11.3. The maximum Gasteiger partial charge on any atom is 0.243 e. The third-order valence-electron chi connectivity index (χ3n) is 2.84. The van der Waals surface area contributed by atoms with Gasteiger partial charge in [0.15, 0.2) is 0 Å². The van der Waals surface area contributed by atoms with Crippen molar-refractivity contribution >= 4 is 0 Å². The van der Waals surface area contributed by atoms with Crippen LogP contribution < -0.4 is 5.73 Å². The second-order valence-corrected chi connectivity index (χ2v) is 5.57. The first-order valence-electron chi connectivity index (χ1n) is 6.08. The molecule has 1 aromatic carbocycles. The van der Waals surface area contributed by atoms with Crippen molar-refractivity contribution in [2.24, 2.45) is 5.73 Å². The van der Waals surface area contributed by atoms with Crippen LogP contribution in [0.4, 0.5) is 0 Å². The molecular weight excluding hydrogens is 226 g/mol. The van der Waals surface area contributed by atoms with E-state index in [4.69, 9.17) is 10.3 Å². The van der Waals surface area contributed by atoms with Gasteiger partial charge in [0.25, 0.3) is 0 Å². The lowest BCUT2D eigenvalue weighted by atomic mass is 9.87. The van der Waals surface area contributed by atoms with Crippen molar-refractivity contribution in [2.45, 2.75) is 39.2 Å². The maximum absolute atomic E-state index is 5.69. The predicted molar refractivity (Wildman–Crippen MR) is 71.0 cm³/mol. The lowest BCUT2D eigenvalue weighted by Crippen LogP contribution is -2.10. The molecule has 2 aromatic rings. The van der Waals surface area contributed by atoms with Crippen LogP contribution in [-0.4, -0.2) is 10.1 Å². The second kappa shape index (κ2) is 4.53. The standard InChI is InChI=1S/C14H19N3O/c1-9(15)13-16-12(17-18-13)10-5-7-11(8-6-10)14(2,3)4/h5-9H,15H2,1-4H3/t9-/m1/s1. The number of nitrogens with zero attached hydrogens (tertiary/aromatic N) is 2. The molecule has 0 unspecified atom stereocenters. The number of rotatable bonds is 2.